The summed E-state index contributed by atoms with van der Waals surface area (Å²) >= 11 is 1.38. The van der Waals surface area contributed by atoms with Crippen LogP contribution in [0.1, 0.15) is 41.4 Å². The van der Waals surface area contributed by atoms with E-state index in [1.165, 1.54) is 30.3 Å². The Bertz CT molecular complexity index is 517. The van der Waals surface area contributed by atoms with Crippen molar-refractivity contribution in [2.24, 2.45) is 5.92 Å². The molecule has 1 aromatic heterocycles. The number of carboxylic acid groups (broad SMARTS) is 1. The van der Waals surface area contributed by atoms with Crippen molar-refractivity contribution in [2.45, 2.75) is 26.2 Å². The van der Waals surface area contributed by atoms with Crippen LogP contribution in [0, 0.1) is 5.92 Å². The molecule has 20 heavy (non-hydrogen) atoms. The molecule has 1 aromatic rings. The quantitative estimate of drug-likeness (QED) is 0.786. The molecule has 0 bridgehead atoms. The first-order chi connectivity index (χ1) is 9.61. The van der Waals surface area contributed by atoms with Crippen LogP contribution in [0.4, 0.5) is 0 Å². The van der Waals surface area contributed by atoms with Crippen molar-refractivity contribution >= 4 is 29.3 Å². The van der Waals surface area contributed by atoms with Crippen molar-refractivity contribution in [3.05, 3.63) is 28.0 Å². The molecule has 1 heterocycles. The third-order valence-corrected chi connectivity index (χ3v) is 4.17. The third kappa shape index (κ3) is 3.93. The lowest BCUT2D eigenvalue weighted by atomic mass is 10.2. The number of hydrogen-bond acceptors (Lipinski definition) is 3. The molecule has 0 radical (unpaired) electrons. The maximum absolute atomic E-state index is 12.6. The highest BCUT2D eigenvalue weighted by molar-refractivity contribution is 7.12. The summed E-state index contributed by atoms with van der Waals surface area (Å²) in [6.45, 7) is 3.65. The van der Waals surface area contributed by atoms with Crippen molar-refractivity contribution in [1.29, 1.82) is 0 Å². The Hall–Kier alpha value is -1.62. The molecule has 0 aliphatic heterocycles. The fraction of sp³-hybridized carbons (Fsp3) is 0.467. The van der Waals surface area contributed by atoms with Crippen molar-refractivity contribution in [3.63, 3.8) is 0 Å². The average molecular weight is 293 g/mol. The van der Waals surface area contributed by atoms with Gasteiger partial charge in [-0.05, 0) is 48.3 Å². The fourth-order valence-corrected chi connectivity index (χ4v) is 2.94. The van der Waals surface area contributed by atoms with Crippen LogP contribution in [0.15, 0.2) is 17.5 Å². The third-order valence-electron chi connectivity index (χ3n) is 3.25. The molecule has 4 nitrogen and oxygen atoms in total. The molecule has 0 saturated heterocycles. The number of carbonyl (C=O) groups is 2. The molecule has 1 amide bonds. The van der Waals surface area contributed by atoms with E-state index in [4.69, 9.17) is 5.11 Å². The summed E-state index contributed by atoms with van der Waals surface area (Å²) in [5, 5.41) is 10.5. The molecular weight excluding hydrogens is 274 g/mol. The second-order valence-corrected chi connectivity index (χ2v) is 5.99. The van der Waals surface area contributed by atoms with E-state index in [9.17, 15) is 9.59 Å². The monoisotopic (exact) mass is 293 g/mol. The maximum Gasteiger partial charge on any atom is 0.328 e. The van der Waals surface area contributed by atoms with E-state index in [2.05, 4.69) is 6.92 Å². The van der Waals surface area contributed by atoms with Gasteiger partial charge in [0.2, 0.25) is 0 Å². The Morgan fingerprint density at radius 1 is 1.50 bits per heavy atom. The molecule has 0 aromatic carbocycles. The van der Waals surface area contributed by atoms with Crippen molar-refractivity contribution < 1.29 is 14.7 Å². The van der Waals surface area contributed by atoms with E-state index in [0.29, 0.717) is 16.4 Å². The minimum Gasteiger partial charge on any atom is -0.478 e. The Balaban J connectivity index is 2.13. The summed E-state index contributed by atoms with van der Waals surface area (Å²) in [6.07, 6.45) is 5.93. The Labute approximate surface area is 122 Å². The lowest BCUT2D eigenvalue weighted by Gasteiger charge is -2.21. The van der Waals surface area contributed by atoms with Crippen LogP contribution >= 0.6 is 11.3 Å². The lowest BCUT2D eigenvalue weighted by molar-refractivity contribution is -0.131. The molecule has 108 valence electrons. The van der Waals surface area contributed by atoms with Gasteiger partial charge >= 0.3 is 5.97 Å². The molecular formula is C15H19NO3S. The summed E-state index contributed by atoms with van der Waals surface area (Å²) in [5.74, 6) is -0.319. The van der Waals surface area contributed by atoms with Gasteiger partial charge in [-0.25, -0.2) is 4.79 Å². The number of amides is 1. The molecule has 5 heteroatoms. The van der Waals surface area contributed by atoms with Gasteiger partial charge in [-0.2, -0.15) is 0 Å². The van der Waals surface area contributed by atoms with E-state index < -0.39 is 5.97 Å². The zero-order chi connectivity index (χ0) is 14.5. The van der Waals surface area contributed by atoms with E-state index in [0.717, 1.165) is 25.6 Å². The van der Waals surface area contributed by atoms with Gasteiger partial charge in [-0.3, -0.25) is 4.79 Å². The standard InChI is InChI=1S/C15H19NO3S/c1-2-8-16(10-11-3-4-11)15(19)14-12(7-9-20-14)5-6-13(17)18/h5-7,9,11H,2-4,8,10H2,1H3,(H,17,18). The zero-order valence-corrected chi connectivity index (χ0v) is 12.4. The summed E-state index contributed by atoms with van der Waals surface area (Å²) in [7, 11) is 0. The second-order valence-electron chi connectivity index (χ2n) is 5.07. The number of carbonyl (C=O) groups excluding carboxylic acids is 1. The van der Waals surface area contributed by atoms with E-state index >= 15 is 0 Å². The molecule has 1 aliphatic carbocycles. The average Bonchev–Trinajstić information content (AvgIpc) is 3.10. The van der Waals surface area contributed by atoms with E-state index in [1.54, 1.807) is 6.07 Å². The second kappa shape index (κ2) is 6.70. The van der Waals surface area contributed by atoms with Gasteiger partial charge in [0, 0.05) is 19.2 Å². The van der Waals surface area contributed by atoms with Crippen LogP contribution in [0.2, 0.25) is 0 Å². The molecule has 0 unspecified atom stereocenters. The van der Waals surface area contributed by atoms with Crippen molar-refractivity contribution in [1.82, 2.24) is 4.90 Å². The summed E-state index contributed by atoms with van der Waals surface area (Å²) < 4.78 is 0. The molecule has 1 N–H and O–H groups in total. The van der Waals surface area contributed by atoms with Gasteiger partial charge in [0.1, 0.15) is 0 Å². The highest BCUT2D eigenvalue weighted by atomic mass is 32.1. The highest BCUT2D eigenvalue weighted by Crippen LogP contribution is 2.31. The molecule has 2 rings (SSSR count). The van der Waals surface area contributed by atoms with Crippen LogP contribution < -0.4 is 0 Å². The first-order valence-corrected chi connectivity index (χ1v) is 7.77. The normalized spacial score (nSPS) is 14.7. The smallest absolute Gasteiger partial charge is 0.328 e. The van der Waals surface area contributed by atoms with E-state index in [1.807, 2.05) is 10.3 Å². The Kier molecular flexibility index (Phi) is 4.95. The number of rotatable bonds is 7. The largest absolute Gasteiger partial charge is 0.478 e. The number of carboxylic acids is 1. The summed E-state index contributed by atoms with van der Waals surface area (Å²) in [4.78, 5) is 25.7. The van der Waals surface area contributed by atoms with Gasteiger partial charge < -0.3 is 10.0 Å². The van der Waals surface area contributed by atoms with Crippen LogP contribution in [0.25, 0.3) is 6.08 Å². The fourth-order valence-electron chi connectivity index (χ4n) is 2.09. The maximum atomic E-state index is 12.6. The highest BCUT2D eigenvalue weighted by Gasteiger charge is 2.27. The van der Waals surface area contributed by atoms with Gasteiger partial charge in [0.05, 0.1) is 4.88 Å². The first-order valence-electron chi connectivity index (χ1n) is 6.89. The van der Waals surface area contributed by atoms with Crippen LogP contribution in [-0.4, -0.2) is 35.0 Å². The molecule has 1 saturated carbocycles. The number of nitrogens with zero attached hydrogens (tertiary/aromatic N) is 1. The zero-order valence-electron chi connectivity index (χ0n) is 11.5. The van der Waals surface area contributed by atoms with Gasteiger partial charge in [0.25, 0.3) is 5.91 Å². The van der Waals surface area contributed by atoms with Crippen LogP contribution in [0.3, 0.4) is 0 Å². The summed E-state index contributed by atoms with van der Waals surface area (Å²) in [5.41, 5.74) is 0.694. The number of hydrogen-bond donors (Lipinski definition) is 1. The van der Waals surface area contributed by atoms with Gasteiger partial charge in [-0.1, -0.05) is 6.92 Å². The van der Waals surface area contributed by atoms with Crippen LogP contribution in [-0.2, 0) is 4.79 Å². The predicted molar refractivity (Wildman–Crippen MR) is 79.9 cm³/mol. The number of thiophene rings is 1. The van der Waals surface area contributed by atoms with E-state index in [-0.39, 0.29) is 5.91 Å². The first kappa shape index (κ1) is 14.8. The minimum absolute atomic E-state index is 0.0267. The minimum atomic E-state index is -1.00. The topological polar surface area (TPSA) is 57.6 Å². The predicted octanol–water partition coefficient (Wildman–Crippen LogP) is 3.11. The summed E-state index contributed by atoms with van der Waals surface area (Å²) in [6, 6.07) is 1.79. The Morgan fingerprint density at radius 2 is 2.25 bits per heavy atom. The number of aliphatic carboxylic acids is 1. The molecule has 1 aliphatic rings. The SMILES string of the molecule is CCCN(CC1CC1)C(=O)c1sccc1C=CC(=O)O. The molecule has 0 spiro atoms. The van der Waals surface area contributed by atoms with Crippen LogP contribution in [0.5, 0.6) is 0 Å². The molecule has 1 fully saturated rings. The van der Waals surface area contributed by atoms with Gasteiger partial charge in [-0.15, -0.1) is 11.3 Å². The van der Waals surface area contributed by atoms with Crippen molar-refractivity contribution in [3.8, 4) is 0 Å². The Morgan fingerprint density at radius 3 is 2.85 bits per heavy atom. The molecule has 0 atom stereocenters. The van der Waals surface area contributed by atoms with Gasteiger partial charge in [0.15, 0.2) is 0 Å². The lowest BCUT2D eigenvalue weighted by Crippen LogP contribution is -2.33. The van der Waals surface area contributed by atoms with Crippen molar-refractivity contribution in [2.75, 3.05) is 13.1 Å².